The molecular formula is C13H20O2. The molecule has 1 unspecified atom stereocenters. The SMILES string of the molecule is CCC(C)Oc1ccc([C@@H](O)CC)cc1. The Morgan fingerprint density at radius 2 is 1.73 bits per heavy atom. The molecule has 0 fully saturated rings. The van der Waals surface area contributed by atoms with Crippen molar-refractivity contribution in [2.45, 2.75) is 45.8 Å². The van der Waals surface area contributed by atoms with Gasteiger partial charge in [-0.15, -0.1) is 0 Å². The molecule has 0 amide bonds. The van der Waals surface area contributed by atoms with Crippen molar-refractivity contribution in [3.63, 3.8) is 0 Å². The second-order valence-electron chi connectivity index (χ2n) is 3.83. The Hall–Kier alpha value is -1.02. The minimum Gasteiger partial charge on any atom is -0.491 e. The van der Waals surface area contributed by atoms with Gasteiger partial charge in [-0.25, -0.2) is 0 Å². The molecule has 15 heavy (non-hydrogen) atoms. The van der Waals surface area contributed by atoms with Crippen LogP contribution >= 0.6 is 0 Å². The van der Waals surface area contributed by atoms with E-state index in [2.05, 4.69) is 13.8 Å². The predicted molar refractivity (Wildman–Crippen MR) is 62.1 cm³/mol. The van der Waals surface area contributed by atoms with E-state index in [0.29, 0.717) is 0 Å². The van der Waals surface area contributed by atoms with Crippen LogP contribution in [0.5, 0.6) is 5.75 Å². The fourth-order valence-electron chi connectivity index (χ4n) is 1.32. The van der Waals surface area contributed by atoms with Crippen LogP contribution in [0.15, 0.2) is 24.3 Å². The van der Waals surface area contributed by atoms with Crippen LogP contribution in [-0.2, 0) is 0 Å². The van der Waals surface area contributed by atoms with Crippen molar-refractivity contribution in [2.24, 2.45) is 0 Å². The first-order valence-corrected chi connectivity index (χ1v) is 5.62. The quantitative estimate of drug-likeness (QED) is 0.804. The first kappa shape index (κ1) is 12.1. The normalized spacial score (nSPS) is 14.7. The highest BCUT2D eigenvalue weighted by atomic mass is 16.5. The van der Waals surface area contributed by atoms with E-state index in [9.17, 15) is 5.11 Å². The molecule has 0 heterocycles. The molecule has 0 saturated carbocycles. The van der Waals surface area contributed by atoms with Crippen LogP contribution in [0.1, 0.15) is 45.3 Å². The molecule has 2 atom stereocenters. The Balaban J connectivity index is 2.64. The monoisotopic (exact) mass is 208 g/mol. The summed E-state index contributed by atoms with van der Waals surface area (Å²) < 4.78 is 5.65. The average Bonchev–Trinajstić information content (AvgIpc) is 2.29. The Morgan fingerprint density at radius 3 is 2.20 bits per heavy atom. The van der Waals surface area contributed by atoms with Gasteiger partial charge in [0.05, 0.1) is 12.2 Å². The number of hydrogen-bond donors (Lipinski definition) is 1. The molecule has 0 aliphatic carbocycles. The molecule has 0 aliphatic rings. The van der Waals surface area contributed by atoms with Gasteiger partial charge >= 0.3 is 0 Å². The summed E-state index contributed by atoms with van der Waals surface area (Å²) >= 11 is 0. The van der Waals surface area contributed by atoms with E-state index in [-0.39, 0.29) is 12.2 Å². The minimum atomic E-state index is -0.359. The molecule has 1 N–H and O–H groups in total. The van der Waals surface area contributed by atoms with Gasteiger partial charge in [0, 0.05) is 0 Å². The first-order chi connectivity index (χ1) is 7.17. The van der Waals surface area contributed by atoms with E-state index in [4.69, 9.17) is 4.74 Å². The Labute approximate surface area is 91.9 Å². The van der Waals surface area contributed by atoms with E-state index in [0.717, 1.165) is 24.2 Å². The average molecular weight is 208 g/mol. The van der Waals surface area contributed by atoms with Gasteiger partial charge in [-0.05, 0) is 37.5 Å². The molecular weight excluding hydrogens is 188 g/mol. The molecule has 1 rings (SSSR count). The van der Waals surface area contributed by atoms with E-state index >= 15 is 0 Å². The molecule has 84 valence electrons. The zero-order chi connectivity index (χ0) is 11.3. The standard InChI is InChI=1S/C13H20O2/c1-4-10(3)15-12-8-6-11(7-9-12)13(14)5-2/h6-10,13-14H,4-5H2,1-3H3/t10?,13-/m0/s1. The van der Waals surface area contributed by atoms with Crippen molar-refractivity contribution in [3.05, 3.63) is 29.8 Å². The maximum atomic E-state index is 9.61. The molecule has 0 radical (unpaired) electrons. The van der Waals surface area contributed by atoms with Gasteiger partial charge in [-0.3, -0.25) is 0 Å². The van der Waals surface area contributed by atoms with Gasteiger partial charge < -0.3 is 9.84 Å². The summed E-state index contributed by atoms with van der Waals surface area (Å²) in [4.78, 5) is 0. The van der Waals surface area contributed by atoms with Crippen molar-refractivity contribution in [1.29, 1.82) is 0 Å². The number of ether oxygens (including phenoxy) is 1. The molecule has 0 aliphatic heterocycles. The van der Waals surface area contributed by atoms with Crippen LogP contribution < -0.4 is 4.74 Å². The van der Waals surface area contributed by atoms with Crippen LogP contribution in [0.4, 0.5) is 0 Å². The summed E-state index contributed by atoms with van der Waals surface area (Å²) in [6, 6.07) is 7.68. The third-order valence-electron chi connectivity index (χ3n) is 2.56. The van der Waals surface area contributed by atoms with E-state index in [1.807, 2.05) is 31.2 Å². The third-order valence-corrected chi connectivity index (χ3v) is 2.56. The molecule has 2 heteroatoms. The topological polar surface area (TPSA) is 29.5 Å². The van der Waals surface area contributed by atoms with Gasteiger partial charge in [0.25, 0.3) is 0 Å². The second-order valence-corrected chi connectivity index (χ2v) is 3.83. The van der Waals surface area contributed by atoms with Crippen LogP contribution in [0.25, 0.3) is 0 Å². The van der Waals surface area contributed by atoms with Gasteiger partial charge in [0.15, 0.2) is 0 Å². The molecule has 2 nitrogen and oxygen atoms in total. The largest absolute Gasteiger partial charge is 0.491 e. The zero-order valence-corrected chi connectivity index (χ0v) is 9.73. The zero-order valence-electron chi connectivity index (χ0n) is 9.73. The van der Waals surface area contributed by atoms with Crippen LogP contribution in [0.2, 0.25) is 0 Å². The van der Waals surface area contributed by atoms with Gasteiger partial charge in [-0.1, -0.05) is 26.0 Å². The number of aliphatic hydroxyl groups is 1. The molecule has 0 aromatic heterocycles. The fraction of sp³-hybridized carbons (Fsp3) is 0.538. The number of rotatable bonds is 5. The Bertz CT molecular complexity index is 279. The summed E-state index contributed by atoms with van der Waals surface area (Å²) in [6.07, 6.45) is 1.62. The lowest BCUT2D eigenvalue weighted by Crippen LogP contribution is -2.09. The third kappa shape index (κ3) is 3.56. The molecule has 1 aromatic rings. The number of benzene rings is 1. The van der Waals surface area contributed by atoms with Crippen LogP contribution in [0, 0.1) is 0 Å². The molecule has 0 saturated heterocycles. The maximum absolute atomic E-state index is 9.61. The van der Waals surface area contributed by atoms with E-state index in [1.165, 1.54) is 0 Å². The van der Waals surface area contributed by atoms with Gasteiger partial charge in [-0.2, -0.15) is 0 Å². The smallest absolute Gasteiger partial charge is 0.119 e. The molecule has 0 spiro atoms. The predicted octanol–water partition coefficient (Wildman–Crippen LogP) is 3.31. The number of hydrogen-bond acceptors (Lipinski definition) is 2. The van der Waals surface area contributed by atoms with E-state index < -0.39 is 0 Å². The summed E-state index contributed by atoms with van der Waals surface area (Å²) in [7, 11) is 0. The highest BCUT2D eigenvalue weighted by Crippen LogP contribution is 2.20. The molecule has 0 bridgehead atoms. The summed E-state index contributed by atoms with van der Waals surface area (Å²) in [5, 5.41) is 9.61. The lowest BCUT2D eigenvalue weighted by molar-refractivity contribution is 0.173. The first-order valence-electron chi connectivity index (χ1n) is 5.62. The fourth-order valence-corrected chi connectivity index (χ4v) is 1.32. The lowest BCUT2D eigenvalue weighted by atomic mass is 10.1. The van der Waals surface area contributed by atoms with Crippen molar-refractivity contribution in [2.75, 3.05) is 0 Å². The van der Waals surface area contributed by atoms with Gasteiger partial charge in [0.2, 0.25) is 0 Å². The second kappa shape index (κ2) is 5.76. The van der Waals surface area contributed by atoms with Gasteiger partial charge in [0.1, 0.15) is 5.75 Å². The van der Waals surface area contributed by atoms with Crippen LogP contribution in [-0.4, -0.2) is 11.2 Å². The summed E-state index contributed by atoms with van der Waals surface area (Å²) in [5.41, 5.74) is 0.953. The van der Waals surface area contributed by atoms with Crippen molar-refractivity contribution < 1.29 is 9.84 Å². The highest BCUT2D eigenvalue weighted by molar-refractivity contribution is 5.28. The summed E-state index contributed by atoms with van der Waals surface area (Å²) in [5.74, 6) is 0.872. The minimum absolute atomic E-state index is 0.243. The number of aliphatic hydroxyl groups excluding tert-OH is 1. The Kier molecular flexibility index (Phi) is 4.63. The van der Waals surface area contributed by atoms with Crippen LogP contribution in [0.3, 0.4) is 0 Å². The highest BCUT2D eigenvalue weighted by Gasteiger charge is 2.05. The Morgan fingerprint density at radius 1 is 1.13 bits per heavy atom. The maximum Gasteiger partial charge on any atom is 0.119 e. The molecule has 1 aromatic carbocycles. The van der Waals surface area contributed by atoms with E-state index in [1.54, 1.807) is 0 Å². The van der Waals surface area contributed by atoms with Crippen molar-refractivity contribution >= 4 is 0 Å². The lowest BCUT2D eigenvalue weighted by Gasteiger charge is -2.13. The van der Waals surface area contributed by atoms with Crippen molar-refractivity contribution in [3.8, 4) is 5.75 Å². The van der Waals surface area contributed by atoms with Crippen molar-refractivity contribution in [1.82, 2.24) is 0 Å². The summed E-state index contributed by atoms with van der Waals surface area (Å²) in [6.45, 7) is 6.11.